The molecule has 1 fully saturated rings. The van der Waals surface area contributed by atoms with Crippen molar-refractivity contribution in [3.05, 3.63) is 54.1 Å². The van der Waals surface area contributed by atoms with Gasteiger partial charge in [0, 0.05) is 12.2 Å². The van der Waals surface area contributed by atoms with Gasteiger partial charge in [-0.25, -0.2) is 4.68 Å². The molecule has 1 aromatic heterocycles. The minimum absolute atomic E-state index is 0.0965. The first-order valence-electron chi connectivity index (χ1n) is 9.63. The average molecular weight is 363 g/mol. The number of nitrogens with one attached hydrogen (secondary N) is 1. The molecule has 2 heterocycles. The van der Waals surface area contributed by atoms with Gasteiger partial charge in [-0.3, -0.25) is 9.69 Å². The number of anilines is 1. The maximum atomic E-state index is 12.7. The van der Waals surface area contributed by atoms with Crippen molar-refractivity contribution in [3.63, 3.8) is 0 Å². The largest absolute Gasteiger partial charge is 0.324 e. The summed E-state index contributed by atoms with van der Waals surface area (Å²) in [6.07, 6.45) is 3.89. The molecule has 1 N–H and O–H groups in total. The first-order valence-corrected chi connectivity index (χ1v) is 9.63. The van der Waals surface area contributed by atoms with Gasteiger partial charge >= 0.3 is 0 Å². The fraction of sp³-hybridized carbons (Fsp3) is 0.381. The molecule has 0 saturated carbocycles. The fourth-order valence-electron chi connectivity index (χ4n) is 3.65. The van der Waals surface area contributed by atoms with E-state index < -0.39 is 6.04 Å². The smallest absolute Gasteiger partial charge is 0.249 e. The molecule has 140 valence electrons. The molecule has 6 nitrogen and oxygen atoms in total. The Morgan fingerprint density at radius 1 is 1.11 bits per heavy atom. The van der Waals surface area contributed by atoms with Crippen LogP contribution in [-0.2, 0) is 11.3 Å². The van der Waals surface area contributed by atoms with Gasteiger partial charge in [-0.2, -0.15) is 0 Å². The topological polar surface area (TPSA) is 63.1 Å². The van der Waals surface area contributed by atoms with E-state index in [0.29, 0.717) is 0 Å². The Kier molecular flexibility index (Phi) is 5.16. The Hall–Kier alpha value is -2.73. The number of piperidine rings is 1. The van der Waals surface area contributed by atoms with Crippen molar-refractivity contribution < 1.29 is 4.79 Å². The average Bonchev–Trinajstić information content (AvgIpc) is 3.12. The van der Waals surface area contributed by atoms with Gasteiger partial charge in [-0.1, -0.05) is 35.9 Å². The first-order chi connectivity index (χ1) is 13.2. The van der Waals surface area contributed by atoms with Crippen molar-refractivity contribution in [2.45, 2.75) is 38.8 Å². The SMILES string of the molecule is CC(C(=O)Nc1cccc(CN2CCCCC2)c1)n1nnc2ccccc21. The maximum Gasteiger partial charge on any atom is 0.249 e. The minimum atomic E-state index is -0.442. The molecule has 2 aromatic carbocycles. The Labute approximate surface area is 159 Å². The monoisotopic (exact) mass is 363 g/mol. The highest BCUT2D eigenvalue weighted by Crippen LogP contribution is 2.19. The standard InChI is InChI=1S/C21H25N5O/c1-16(26-20-11-4-3-10-19(20)23-24-26)21(27)22-18-9-7-8-17(14-18)15-25-12-5-2-6-13-25/h3-4,7-11,14,16H,2,5-6,12-13,15H2,1H3,(H,22,27). The summed E-state index contributed by atoms with van der Waals surface area (Å²) < 4.78 is 1.67. The van der Waals surface area contributed by atoms with Crippen molar-refractivity contribution in [1.29, 1.82) is 0 Å². The summed E-state index contributed by atoms with van der Waals surface area (Å²) in [5, 5.41) is 11.3. The third kappa shape index (κ3) is 4.01. The number of amides is 1. The predicted molar refractivity (Wildman–Crippen MR) is 106 cm³/mol. The first kappa shape index (κ1) is 17.7. The van der Waals surface area contributed by atoms with E-state index in [-0.39, 0.29) is 5.91 Å². The summed E-state index contributed by atoms with van der Waals surface area (Å²) >= 11 is 0. The van der Waals surface area contributed by atoms with Gasteiger partial charge in [0.1, 0.15) is 11.6 Å². The van der Waals surface area contributed by atoms with Crippen LogP contribution in [-0.4, -0.2) is 38.9 Å². The second-order valence-electron chi connectivity index (χ2n) is 7.23. The van der Waals surface area contributed by atoms with E-state index in [4.69, 9.17) is 0 Å². The van der Waals surface area contributed by atoms with Crippen molar-refractivity contribution >= 4 is 22.6 Å². The lowest BCUT2D eigenvalue weighted by molar-refractivity contribution is -0.119. The number of rotatable bonds is 5. The number of para-hydroxylation sites is 1. The third-order valence-corrected chi connectivity index (χ3v) is 5.17. The highest BCUT2D eigenvalue weighted by Gasteiger charge is 2.19. The molecule has 4 rings (SSSR count). The van der Waals surface area contributed by atoms with E-state index in [1.807, 2.05) is 43.3 Å². The molecule has 1 amide bonds. The van der Waals surface area contributed by atoms with Crippen molar-refractivity contribution in [1.82, 2.24) is 19.9 Å². The number of hydrogen-bond acceptors (Lipinski definition) is 4. The van der Waals surface area contributed by atoms with Crippen LogP contribution in [0.2, 0.25) is 0 Å². The van der Waals surface area contributed by atoms with Crippen LogP contribution < -0.4 is 5.32 Å². The molecule has 0 aliphatic carbocycles. The molecule has 1 aliphatic rings. The zero-order valence-corrected chi connectivity index (χ0v) is 15.6. The summed E-state index contributed by atoms with van der Waals surface area (Å²) in [6, 6.07) is 15.4. The van der Waals surface area contributed by atoms with Gasteiger partial charge in [0.15, 0.2) is 0 Å². The maximum absolute atomic E-state index is 12.7. The fourth-order valence-corrected chi connectivity index (χ4v) is 3.65. The van der Waals surface area contributed by atoms with Crippen molar-refractivity contribution in [3.8, 4) is 0 Å². The number of carbonyl (C=O) groups excluding carboxylic acids is 1. The van der Waals surface area contributed by atoms with Crippen LogP contribution in [0.25, 0.3) is 11.0 Å². The lowest BCUT2D eigenvalue weighted by Crippen LogP contribution is -2.29. The number of nitrogens with zero attached hydrogens (tertiary/aromatic N) is 4. The van der Waals surface area contributed by atoms with Crippen molar-refractivity contribution in [2.24, 2.45) is 0 Å². The Balaban J connectivity index is 1.45. The lowest BCUT2D eigenvalue weighted by Gasteiger charge is -2.26. The molecular formula is C21H25N5O. The molecule has 0 radical (unpaired) electrons. The van der Waals surface area contributed by atoms with Crippen molar-refractivity contribution in [2.75, 3.05) is 18.4 Å². The van der Waals surface area contributed by atoms with E-state index in [0.717, 1.165) is 36.4 Å². The van der Waals surface area contributed by atoms with Gasteiger partial charge in [-0.05, 0) is 62.7 Å². The molecule has 1 saturated heterocycles. The Bertz CT molecular complexity index is 929. The summed E-state index contributed by atoms with van der Waals surface area (Å²) in [5.41, 5.74) is 3.71. The highest BCUT2D eigenvalue weighted by molar-refractivity contribution is 5.94. The lowest BCUT2D eigenvalue weighted by atomic mass is 10.1. The van der Waals surface area contributed by atoms with Gasteiger partial charge in [0.25, 0.3) is 0 Å². The Morgan fingerprint density at radius 2 is 1.93 bits per heavy atom. The summed E-state index contributed by atoms with van der Waals surface area (Å²) in [6.45, 7) is 5.10. The molecule has 1 unspecified atom stereocenters. The number of aromatic nitrogens is 3. The van der Waals surface area contributed by atoms with E-state index in [1.165, 1.54) is 24.8 Å². The molecular weight excluding hydrogens is 338 g/mol. The molecule has 0 bridgehead atoms. The molecule has 0 spiro atoms. The van der Waals surface area contributed by atoms with Crippen LogP contribution in [0.4, 0.5) is 5.69 Å². The second kappa shape index (κ2) is 7.88. The quantitative estimate of drug-likeness (QED) is 0.752. The summed E-state index contributed by atoms with van der Waals surface area (Å²) in [4.78, 5) is 15.2. The van der Waals surface area contributed by atoms with Gasteiger partial charge in [-0.15, -0.1) is 5.10 Å². The predicted octanol–water partition coefficient (Wildman–Crippen LogP) is 3.62. The zero-order chi connectivity index (χ0) is 18.6. The van der Waals surface area contributed by atoms with Crippen LogP contribution in [0, 0.1) is 0 Å². The van der Waals surface area contributed by atoms with Crippen LogP contribution in [0.1, 0.15) is 37.8 Å². The Morgan fingerprint density at radius 3 is 2.78 bits per heavy atom. The van der Waals surface area contributed by atoms with Crippen LogP contribution >= 0.6 is 0 Å². The van der Waals surface area contributed by atoms with Crippen LogP contribution in [0.5, 0.6) is 0 Å². The van der Waals surface area contributed by atoms with E-state index in [9.17, 15) is 4.79 Å². The molecule has 6 heteroatoms. The number of benzene rings is 2. The molecule has 1 atom stereocenters. The zero-order valence-electron chi connectivity index (χ0n) is 15.6. The highest BCUT2D eigenvalue weighted by atomic mass is 16.2. The van der Waals surface area contributed by atoms with Crippen LogP contribution in [0.15, 0.2) is 48.5 Å². The van der Waals surface area contributed by atoms with E-state index in [2.05, 4.69) is 32.7 Å². The van der Waals surface area contributed by atoms with E-state index in [1.54, 1.807) is 4.68 Å². The summed E-state index contributed by atoms with van der Waals surface area (Å²) in [5.74, 6) is -0.0965. The summed E-state index contributed by atoms with van der Waals surface area (Å²) in [7, 11) is 0. The molecule has 3 aromatic rings. The number of carbonyl (C=O) groups is 1. The third-order valence-electron chi connectivity index (χ3n) is 5.17. The van der Waals surface area contributed by atoms with Gasteiger partial charge < -0.3 is 5.32 Å². The second-order valence-corrected chi connectivity index (χ2v) is 7.23. The molecule has 1 aliphatic heterocycles. The molecule has 27 heavy (non-hydrogen) atoms. The van der Waals surface area contributed by atoms with Crippen LogP contribution in [0.3, 0.4) is 0 Å². The van der Waals surface area contributed by atoms with E-state index >= 15 is 0 Å². The number of hydrogen-bond donors (Lipinski definition) is 1. The normalized spacial score (nSPS) is 16.3. The minimum Gasteiger partial charge on any atom is -0.324 e. The number of fused-ring (bicyclic) bond motifs is 1. The number of likely N-dealkylation sites (tertiary alicyclic amines) is 1. The van der Waals surface area contributed by atoms with Gasteiger partial charge in [0.2, 0.25) is 5.91 Å². The van der Waals surface area contributed by atoms with Gasteiger partial charge in [0.05, 0.1) is 5.52 Å².